The molecule has 4 aromatic rings. The lowest BCUT2D eigenvalue weighted by molar-refractivity contribution is 0.449. The lowest BCUT2D eigenvalue weighted by atomic mass is 9.82. The summed E-state index contributed by atoms with van der Waals surface area (Å²) in [5.41, 5.74) is 7.10. The van der Waals surface area contributed by atoms with Crippen LogP contribution in [-0.4, -0.2) is 10.2 Å². The van der Waals surface area contributed by atoms with E-state index in [0.717, 1.165) is 44.5 Å². The molecule has 0 spiro atoms. The van der Waals surface area contributed by atoms with Crippen molar-refractivity contribution in [3.63, 3.8) is 0 Å². The summed E-state index contributed by atoms with van der Waals surface area (Å²) in [6.45, 7) is 8.25. The molecule has 2 nitrogen and oxygen atoms in total. The molecular formula is C29H28O2. The summed E-state index contributed by atoms with van der Waals surface area (Å²) in [4.78, 5) is 0. The van der Waals surface area contributed by atoms with Crippen molar-refractivity contribution in [1.82, 2.24) is 0 Å². The first kappa shape index (κ1) is 20.7. The van der Waals surface area contributed by atoms with Gasteiger partial charge in [0.05, 0.1) is 0 Å². The van der Waals surface area contributed by atoms with Gasteiger partial charge >= 0.3 is 0 Å². The van der Waals surface area contributed by atoms with Crippen LogP contribution in [0.1, 0.15) is 31.9 Å². The highest BCUT2D eigenvalue weighted by Crippen LogP contribution is 2.43. The SMILES string of the molecule is Cc1cc(-c2cc(-c3ccccc3)c(O)c(C(C)(C)C)c2)cc(-c2ccccc2)c1O. The van der Waals surface area contributed by atoms with E-state index in [9.17, 15) is 10.2 Å². The maximum absolute atomic E-state index is 11.1. The molecule has 4 rings (SSSR count). The Morgan fingerprint density at radius 3 is 1.48 bits per heavy atom. The number of aryl methyl sites for hydroxylation is 1. The number of rotatable bonds is 3. The van der Waals surface area contributed by atoms with Crippen LogP contribution in [0.5, 0.6) is 11.5 Å². The zero-order valence-corrected chi connectivity index (χ0v) is 18.5. The molecule has 2 N–H and O–H groups in total. The molecule has 156 valence electrons. The van der Waals surface area contributed by atoms with Crippen LogP contribution in [0.2, 0.25) is 0 Å². The van der Waals surface area contributed by atoms with E-state index in [1.807, 2.05) is 85.8 Å². The second kappa shape index (κ2) is 7.96. The van der Waals surface area contributed by atoms with E-state index in [1.54, 1.807) is 0 Å². The van der Waals surface area contributed by atoms with Gasteiger partial charge in [-0.25, -0.2) is 0 Å². The molecule has 31 heavy (non-hydrogen) atoms. The topological polar surface area (TPSA) is 40.5 Å². The first-order valence-electron chi connectivity index (χ1n) is 10.6. The van der Waals surface area contributed by atoms with Crippen molar-refractivity contribution >= 4 is 0 Å². The fourth-order valence-corrected chi connectivity index (χ4v) is 3.99. The third-order valence-electron chi connectivity index (χ3n) is 5.72. The van der Waals surface area contributed by atoms with Crippen LogP contribution in [0.15, 0.2) is 84.9 Å². The zero-order valence-electron chi connectivity index (χ0n) is 18.5. The van der Waals surface area contributed by atoms with Gasteiger partial charge in [0.15, 0.2) is 0 Å². The predicted octanol–water partition coefficient (Wildman–Crippen LogP) is 7.70. The number of hydrogen-bond acceptors (Lipinski definition) is 2. The Balaban J connectivity index is 1.98. The molecule has 4 aromatic carbocycles. The van der Waals surface area contributed by atoms with E-state index in [-0.39, 0.29) is 5.41 Å². The third-order valence-corrected chi connectivity index (χ3v) is 5.72. The zero-order chi connectivity index (χ0) is 22.2. The van der Waals surface area contributed by atoms with Gasteiger partial charge in [0.2, 0.25) is 0 Å². The Bertz CT molecular complexity index is 1220. The van der Waals surface area contributed by atoms with Crippen LogP contribution < -0.4 is 0 Å². The molecule has 0 aliphatic carbocycles. The summed E-state index contributed by atoms with van der Waals surface area (Å²) < 4.78 is 0. The molecule has 0 radical (unpaired) electrons. The summed E-state index contributed by atoms with van der Waals surface area (Å²) in [6.07, 6.45) is 0. The largest absolute Gasteiger partial charge is 0.507 e. The minimum Gasteiger partial charge on any atom is -0.507 e. The van der Waals surface area contributed by atoms with Gasteiger partial charge in [-0.15, -0.1) is 0 Å². The van der Waals surface area contributed by atoms with Gasteiger partial charge in [0.1, 0.15) is 11.5 Å². The van der Waals surface area contributed by atoms with E-state index in [1.165, 1.54) is 0 Å². The standard InChI is InChI=1S/C29H28O2/c1-19-15-22(16-24(27(19)30)20-11-7-5-8-12-20)23-17-25(21-13-9-6-10-14-21)28(31)26(18-23)29(2,3)4/h5-18,30-31H,1-4H3. The number of hydrogen-bond donors (Lipinski definition) is 2. The van der Waals surface area contributed by atoms with Gasteiger partial charge in [0.25, 0.3) is 0 Å². The van der Waals surface area contributed by atoms with Crippen LogP contribution in [-0.2, 0) is 5.41 Å². The Morgan fingerprint density at radius 2 is 1.00 bits per heavy atom. The average molecular weight is 409 g/mol. The second-order valence-corrected chi connectivity index (χ2v) is 9.09. The summed E-state index contributed by atoms with van der Waals surface area (Å²) in [5, 5.41) is 21.9. The molecule has 0 atom stereocenters. The summed E-state index contributed by atoms with van der Waals surface area (Å²) in [7, 11) is 0. The van der Waals surface area contributed by atoms with Gasteiger partial charge in [-0.1, -0.05) is 81.4 Å². The fourth-order valence-electron chi connectivity index (χ4n) is 3.99. The van der Waals surface area contributed by atoms with Crippen molar-refractivity contribution in [2.45, 2.75) is 33.1 Å². The summed E-state index contributed by atoms with van der Waals surface area (Å²) in [5.74, 6) is 0.620. The Morgan fingerprint density at radius 1 is 0.548 bits per heavy atom. The molecule has 0 heterocycles. The maximum atomic E-state index is 11.1. The Labute approximate surface area is 184 Å². The van der Waals surface area contributed by atoms with Crippen molar-refractivity contribution in [2.24, 2.45) is 0 Å². The number of benzene rings is 4. The molecular weight excluding hydrogens is 380 g/mol. The normalized spacial score (nSPS) is 11.5. The van der Waals surface area contributed by atoms with Crippen LogP contribution in [0.25, 0.3) is 33.4 Å². The predicted molar refractivity (Wildman–Crippen MR) is 130 cm³/mol. The quantitative estimate of drug-likeness (QED) is 0.364. The molecule has 0 amide bonds. The Kier molecular flexibility index (Phi) is 5.32. The lowest BCUT2D eigenvalue weighted by Gasteiger charge is -2.24. The van der Waals surface area contributed by atoms with Gasteiger partial charge < -0.3 is 10.2 Å². The molecule has 2 heteroatoms. The van der Waals surface area contributed by atoms with Gasteiger partial charge in [-0.3, -0.25) is 0 Å². The van der Waals surface area contributed by atoms with Crippen LogP contribution in [0, 0.1) is 6.92 Å². The monoisotopic (exact) mass is 408 g/mol. The van der Waals surface area contributed by atoms with Crippen molar-refractivity contribution in [1.29, 1.82) is 0 Å². The highest BCUT2D eigenvalue weighted by Gasteiger charge is 2.23. The van der Waals surface area contributed by atoms with Gasteiger partial charge in [0, 0.05) is 16.7 Å². The van der Waals surface area contributed by atoms with Crippen LogP contribution >= 0.6 is 0 Å². The first-order valence-corrected chi connectivity index (χ1v) is 10.6. The average Bonchev–Trinajstić information content (AvgIpc) is 2.76. The number of phenolic OH excluding ortho intramolecular Hbond substituents is 2. The molecule has 0 saturated heterocycles. The molecule has 0 unspecified atom stereocenters. The van der Waals surface area contributed by atoms with Gasteiger partial charge in [-0.05, 0) is 64.4 Å². The highest BCUT2D eigenvalue weighted by atomic mass is 16.3. The maximum Gasteiger partial charge on any atom is 0.127 e. The molecule has 0 saturated carbocycles. The molecule has 0 aliphatic rings. The summed E-state index contributed by atoms with van der Waals surface area (Å²) in [6, 6.07) is 28.1. The number of aromatic hydroxyl groups is 2. The minimum absolute atomic E-state index is 0.224. The molecule has 0 bridgehead atoms. The minimum atomic E-state index is -0.224. The molecule has 0 aliphatic heterocycles. The van der Waals surface area contributed by atoms with Crippen LogP contribution in [0.4, 0.5) is 0 Å². The van der Waals surface area contributed by atoms with Gasteiger partial charge in [-0.2, -0.15) is 0 Å². The lowest BCUT2D eigenvalue weighted by Crippen LogP contribution is -2.12. The smallest absolute Gasteiger partial charge is 0.127 e. The van der Waals surface area contributed by atoms with E-state index in [4.69, 9.17) is 0 Å². The number of phenols is 2. The Hall–Kier alpha value is -3.52. The van der Waals surface area contributed by atoms with E-state index >= 15 is 0 Å². The van der Waals surface area contributed by atoms with Crippen molar-refractivity contribution < 1.29 is 10.2 Å². The first-order chi connectivity index (χ1) is 14.8. The third kappa shape index (κ3) is 4.06. The summed E-state index contributed by atoms with van der Waals surface area (Å²) >= 11 is 0. The molecule has 0 fully saturated rings. The van der Waals surface area contributed by atoms with Crippen LogP contribution in [0.3, 0.4) is 0 Å². The van der Waals surface area contributed by atoms with E-state index in [0.29, 0.717) is 11.5 Å². The van der Waals surface area contributed by atoms with Crippen molar-refractivity contribution in [3.8, 4) is 44.9 Å². The second-order valence-electron chi connectivity index (χ2n) is 9.09. The van der Waals surface area contributed by atoms with E-state index in [2.05, 4.69) is 26.8 Å². The van der Waals surface area contributed by atoms with Crippen molar-refractivity contribution in [3.05, 3.63) is 96.1 Å². The highest BCUT2D eigenvalue weighted by molar-refractivity contribution is 5.84. The van der Waals surface area contributed by atoms with E-state index < -0.39 is 0 Å². The fraction of sp³-hybridized carbons (Fsp3) is 0.172. The molecule has 0 aromatic heterocycles. The van der Waals surface area contributed by atoms with Crippen molar-refractivity contribution in [2.75, 3.05) is 0 Å².